The van der Waals surface area contributed by atoms with Crippen molar-refractivity contribution in [2.45, 2.75) is 51.2 Å². The van der Waals surface area contributed by atoms with Crippen LogP contribution < -0.4 is 0 Å². The minimum absolute atomic E-state index is 0.387. The Morgan fingerprint density at radius 1 is 1.29 bits per heavy atom. The van der Waals surface area contributed by atoms with Gasteiger partial charge in [0, 0.05) is 25.6 Å². The van der Waals surface area contributed by atoms with E-state index < -0.39 is 0 Å². The van der Waals surface area contributed by atoms with Crippen LogP contribution >= 0.6 is 0 Å². The first kappa shape index (κ1) is 15.8. The fourth-order valence-electron chi connectivity index (χ4n) is 4.45. The molecule has 5 nitrogen and oxygen atoms in total. The molecule has 0 bridgehead atoms. The highest BCUT2D eigenvalue weighted by Crippen LogP contribution is 2.40. The van der Waals surface area contributed by atoms with Crippen LogP contribution in [-0.2, 0) is 6.54 Å². The van der Waals surface area contributed by atoms with Crippen LogP contribution in [0.15, 0.2) is 30.9 Å². The number of hydrogen-bond donors (Lipinski definition) is 1. The molecule has 1 N–H and O–H groups in total. The molecule has 1 aliphatic carbocycles. The molecule has 2 unspecified atom stereocenters. The highest BCUT2D eigenvalue weighted by Gasteiger charge is 2.42. The molecule has 2 fully saturated rings. The number of piperidine rings is 1. The molecule has 1 aromatic heterocycles. The van der Waals surface area contributed by atoms with Crippen molar-refractivity contribution in [2.75, 3.05) is 13.1 Å². The number of rotatable bonds is 3. The van der Waals surface area contributed by atoms with Crippen molar-refractivity contribution >= 4 is 0 Å². The summed E-state index contributed by atoms with van der Waals surface area (Å²) in [5, 5.41) is 15.0. The number of likely N-dealkylation sites (tertiary alicyclic amines) is 1. The van der Waals surface area contributed by atoms with Gasteiger partial charge in [0.15, 0.2) is 0 Å². The van der Waals surface area contributed by atoms with Crippen LogP contribution in [0.1, 0.15) is 43.2 Å². The van der Waals surface area contributed by atoms with Gasteiger partial charge in [0.25, 0.3) is 0 Å². The maximum absolute atomic E-state index is 10.8. The molecule has 1 aliphatic heterocycles. The Labute approximate surface area is 143 Å². The molecule has 1 aromatic carbocycles. The molecule has 2 aliphatic rings. The zero-order valence-corrected chi connectivity index (χ0v) is 14.4. The maximum atomic E-state index is 10.8. The minimum atomic E-state index is -0.387. The Morgan fingerprint density at radius 3 is 3.00 bits per heavy atom. The summed E-state index contributed by atoms with van der Waals surface area (Å²) in [4.78, 5) is 6.53. The van der Waals surface area contributed by atoms with Gasteiger partial charge in [-0.2, -0.15) is 5.10 Å². The first-order valence-electron chi connectivity index (χ1n) is 9.03. The van der Waals surface area contributed by atoms with Crippen LogP contribution in [0.5, 0.6) is 0 Å². The molecule has 0 radical (unpaired) electrons. The van der Waals surface area contributed by atoms with Crippen LogP contribution in [0.25, 0.3) is 5.69 Å². The van der Waals surface area contributed by atoms with Crippen LogP contribution in [-0.4, -0.2) is 43.5 Å². The van der Waals surface area contributed by atoms with E-state index in [0.717, 1.165) is 38.2 Å². The molecule has 4 rings (SSSR count). The Kier molecular flexibility index (Phi) is 4.14. The fraction of sp³-hybridized carbons (Fsp3) is 0.579. The van der Waals surface area contributed by atoms with Crippen molar-refractivity contribution < 1.29 is 5.11 Å². The molecule has 2 heterocycles. The highest BCUT2D eigenvalue weighted by molar-refractivity contribution is 5.41. The van der Waals surface area contributed by atoms with Crippen molar-refractivity contribution in [3.8, 4) is 5.69 Å². The van der Waals surface area contributed by atoms with E-state index in [2.05, 4.69) is 40.1 Å². The summed E-state index contributed by atoms with van der Waals surface area (Å²) in [6, 6.07) is 6.56. The molecule has 0 amide bonds. The lowest BCUT2D eigenvalue weighted by Crippen LogP contribution is -2.52. The summed E-state index contributed by atoms with van der Waals surface area (Å²) in [6.45, 7) is 5.11. The first-order chi connectivity index (χ1) is 11.6. The van der Waals surface area contributed by atoms with E-state index in [-0.39, 0.29) is 5.60 Å². The molecule has 1 saturated carbocycles. The summed E-state index contributed by atoms with van der Waals surface area (Å²) in [5.74, 6) is 0.454. The highest BCUT2D eigenvalue weighted by atomic mass is 16.3. The average Bonchev–Trinajstić information content (AvgIpc) is 3.09. The molecule has 2 atom stereocenters. The third-order valence-electron chi connectivity index (χ3n) is 5.84. The van der Waals surface area contributed by atoms with E-state index >= 15 is 0 Å². The quantitative estimate of drug-likeness (QED) is 0.942. The maximum Gasteiger partial charge on any atom is 0.138 e. The monoisotopic (exact) mass is 326 g/mol. The topological polar surface area (TPSA) is 54.2 Å². The Balaban J connectivity index is 1.45. The Morgan fingerprint density at radius 2 is 2.21 bits per heavy atom. The van der Waals surface area contributed by atoms with E-state index in [4.69, 9.17) is 0 Å². The third kappa shape index (κ3) is 2.98. The Hall–Kier alpha value is -1.72. The molecule has 5 heteroatoms. The normalized spacial score (nSPS) is 27.8. The van der Waals surface area contributed by atoms with Crippen LogP contribution in [0, 0.1) is 12.8 Å². The van der Waals surface area contributed by atoms with Gasteiger partial charge in [-0.25, -0.2) is 9.67 Å². The molecule has 0 spiro atoms. The largest absolute Gasteiger partial charge is 0.390 e. The van der Waals surface area contributed by atoms with Crippen LogP contribution in [0.3, 0.4) is 0 Å². The number of aliphatic hydroxyl groups is 1. The molecular formula is C19H26N4O. The Bertz CT molecular complexity index is 699. The second-order valence-corrected chi connectivity index (χ2v) is 7.49. The van der Waals surface area contributed by atoms with Gasteiger partial charge in [0.1, 0.15) is 12.7 Å². The lowest BCUT2D eigenvalue weighted by atomic mass is 9.71. The number of aryl methyl sites for hydroxylation is 1. The summed E-state index contributed by atoms with van der Waals surface area (Å²) in [5.41, 5.74) is 3.24. The van der Waals surface area contributed by atoms with Gasteiger partial charge < -0.3 is 5.11 Å². The van der Waals surface area contributed by atoms with Crippen molar-refractivity contribution in [1.82, 2.24) is 19.7 Å². The van der Waals surface area contributed by atoms with Crippen molar-refractivity contribution in [3.05, 3.63) is 42.0 Å². The number of hydrogen-bond acceptors (Lipinski definition) is 4. The summed E-state index contributed by atoms with van der Waals surface area (Å²) in [7, 11) is 0. The lowest BCUT2D eigenvalue weighted by molar-refractivity contribution is -0.0967. The van der Waals surface area contributed by atoms with Crippen LogP contribution in [0.4, 0.5) is 0 Å². The number of fused-ring (bicyclic) bond motifs is 1. The number of aromatic nitrogens is 3. The van der Waals surface area contributed by atoms with E-state index in [1.807, 2.05) is 4.68 Å². The molecule has 24 heavy (non-hydrogen) atoms. The van der Waals surface area contributed by atoms with Gasteiger partial charge in [-0.3, -0.25) is 4.90 Å². The van der Waals surface area contributed by atoms with Gasteiger partial charge in [0.2, 0.25) is 0 Å². The van der Waals surface area contributed by atoms with E-state index in [9.17, 15) is 5.11 Å². The minimum Gasteiger partial charge on any atom is -0.390 e. The number of nitrogens with zero attached hydrogens (tertiary/aromatic N) is 4. The van der Waals surface area contributed by atoms with Gasteiger partial charge >= 0.3 is 0 Å². The summed E-state index contributed by atoms with van der Waals surface area (Å²) < 4.78 is 1.81. The molecule has 1 saturated heterocycles. The predicted octanol–water partition coefficient (Wildman–Crippen LogP) is 2.70. The summed E-state index contributed by atoms with van der Waals surface area (Å²) >= 11 is 0. The molecular weight excluding hydrogens is 300 g/mol. The second-order valence-electron chi connectivity index (χ2n) is 7.49. The smallest absolute Gasteiger partial charge is 0.138 e. The van der Waals surface area contributed by atoms with Crippen molar-refractivity contribution in [3.63, 3.8) is 0 Å². The third-order valence-corrected chi connectivity index (χ3v) is 5.84. The van der Waals surface area contributed by atoms with E-state index in [1.165, 1.54) is 30.4 Å². The SMILES string of the molecule is Cc1cc(CN2CCC3(O)CCCCC3C2)ccc1-n1cncn1. The fourth-order valence-corrected chi connectivity index (χ4v) is 4.45. The molecule has 2 aromatic rings. The zero-order valence-electron chi connectivity index (χ0n) is 14.4. The van der Waals surface area contributed by atoms with Crippen molar-refractivity contribution in [1.29, 1.82) is 0 Å². The average molecular weight is 326 g/mol. The summed E-state index contributed by atoms with van der Waals surface area (Å²) in [6.07, 6.45) is 8.85. The van der Waals surface area contributed by atoms with E-state index in [1.54, 1.807) is 12.7 Å². The lowest BCUT2D eigenvalue weighted by Gasteiger charge is -2.47. The molecule has 128 valence electrons. The predicted molar refractivity (Wildman–Crippen MR) is 92.9 cm³/mol. The first-order valence-corrected chi connectivity index (χ1v) is 9.03. The van der Waals surface area contributed by atoms with Crippen molar-refractivity contribution in [2.24, 2.45) is 5.92 Å². The number of benzene rings is 1. The second kappa shape index (κ2) is 6.30. The van der Waals surface area contributed by atoms with Gasteiger partial charge in [-0.1, -0.05) is 25.0 Å². The van der Waals surface area contributed by atoms with Gasteiger partial charge in [-0.15, -0.1) is 0 Å². The van der Waals surface area contributed by atoms with Gasteiger partial charge in [0.05, 0.1) is 11.3 Å². The zero-order chi connectivity index (χ0) is 16.6. The van der Waals surface area contributed by atoms with E-state index in [0.29, 0.717) is 5.92 Å². The van der Waals surface area contributed by atoms with Crippen LogP contribution in [0.2, 0.25) is 0 Å². The standard InChI is InChI=1S/C19H26N4O/c1-15-10-16(5-6-18(15)23-14-20-13-21-23)11-22-9-8-19(24)7-3-2-4-17(19)12-22/h5-6,10,13-14,17,24H,2-4,7-9,11-12H2,1H3. The van der Waals surface area contributed by atoms with Gasteiger partial charge in [-0.05, 0) is 43.4 Å².